The number of fused-ring (bicyclic) bond motifs is 1. The first-order valence-electron chi connectivity index (χ1n) is 2.56. The molecule has 0 aromatic carbocycles. The largest absolute Gasteiger partial charge is 0.318 e. The SMILES string of the molecule is O=C1SCn2ccnc21. The Kier molecular flexibility index (Phi) is 0.900. The molecule has 0 saturated carbocycles. The van der Waals surface area contributed by atoms with E-state index >= 15 is 0 Å². The third-order valence-corrected chi connectivity index (χ3v) is 2.08. The highest BCUT2D eigenvalue weighted by atomic mass is 32.2. The molecule has 1 aliphatic heterocycles. The molecule has 0 amide bonds. The second-order valence-corrected chi connectivity index (χ2v) is 2.70. The highest BCUT2D eigenvalue weighted by molar-refractivity contribution is 8.13. The van der Waals surface area contributed by atoms with E-state index in [-0.39, 0.29) is 5.12 Å². The van der Waals surface area contributed by atoms with Crippen molar-refractivity contribution < 1.29 is 4.79 Å². The van der Waals surface area contributed by atoms with E-state index in [4.69, 9.17) is 0 Å². The van der Waals surface area contributed by atoms with Gasteiger partial charge >= 0.3 is 0 Å². The van der Waals surface area contributed by atoms with Crippen LogP contribution in [0.2, 0.25) is 0 Å². The summed E-state index contributed by atoms with van der Waals surface area (Å²) in [6, 6.07) is 0. The molecule has 1 aliphatic rings. The molecule has 0 radical (unpaired) electrons. The molecule has 0 N–H and O–H groups in total. The molecular formula is C5H4N2OS. The smallest absolute Gasteiger partial charge is 0.256 e. The fourth-order valence-electron chi connectivity index (χ4n) is 0.796. The van der Waals surface area contributed by atoms with Crippen LogP contribution in [0.15, 0.2) is 12.4 Å². The van der Waals surface area contributed by atoms with Gasteiger partial charge in [-0.2, -0.15) is 0 Å². The number of rotatable bonds is 0. The van der Waals surface area contributed by atoms with Crippen molar-refractivity contribution in [1.82, 2.24) is 9.55 Å². The van der Waals surface area contributed by atoms with Gasteiger partial charge in [-0.3, -0.25) is 4.79 Å². The Balaban J connectivity index is 2.61. The summed E-state index contributed by atoms with van der Waals surface area (Å²) in [7, 11) is 0. The molecule has 2 rings (SSSR count). The van der Waals surface area contributed by atoms with Gasteiger partial charge in [0.25, 0.3) is 5.12 Å². The van der Waals surface area contributed by atoms with E-state index in [0.29, 0.717) is 5.82 Å². The fraction of sp³-hybridized carbons (Fsp3) is 0.200. The van der Waals surface area contributed by atoms with Crippen LogP contribution in [0.25, 0.3) is 0 Å². The van der Waals surface area contributed by atoms with E-state index in [1.54, 1.807) is 6.20 Å². The van der Waals surface area contributed by atoms with Crippen molar-refractivity contribution in [3.8, 4) is 0 Å². The Morgan fingerprint density at radius 2 is 2.67 bits per heavy atom. The molecule has 0 unspecified atom stereocenters. The molecule has 46 valence electrons. The number of hydrogen-bond donors (Lipinski definition) is 0. The summed E-state index contributed by atoms with van der Waals surface area (Å²) in [5.74, 6) is 1.31. The van der Waals surface area contributed by atoms with Gasteiger partial charge in [-0.15, -0.1) is 0 Å². The minimum Gasteiger partial charge on any atom is -0.318 e. The van der Waals surface area contributed by atoms with Crippen molar-refractivity contribution in [2.24, 2.45) is 0 Å². The molecule has 0 bridgehead atoms. The van der Waals surface area contributed by atoms with Gasteiger partial charge in [0.1, 0.15) is 0 Å². The molecule has 0 fully saturated rings. The fourth-order valence-corrected chi connectivity index (χ4v) is 1.56. The van der Waals surface area contributed by atoms with E-state index in [1.807, 2.05) is 10.8 Å². The van der Waals surface area contributed by atoms with Crippen molar-refractivity contribution in [3.05, 3.63) is 18.2 Å². The quantitative estimate of drug-likeness (QED) is 0.532. The van der Waals surface area contributed by atoms with Gasteiger partial charge in [0, 0.05) is 12.4 Å². The van der Waals surface area contributed by atoms with Crippen LogP contribution in [0.5, 0.6) is 0 Å². The minimum absolute atomic E-state index is 0.0833. The zero-order valence-electron chi connectivity index (χ0n) is 4.57. The van der Waals surface area contributed by atoms with E-state index in [0.717, 1.165) is 5.88 Å². The second kappa shape index (κ2) is 1.60. The molecule has 0 aliphatic carbocycles. The lowest BCUT2D eigenvalue weighted by Gasteiger charge is -1.85. The Morgan fingerprint density at radius 1 is 1.78 bits per heavy atom. The zero-order chi connectivity index (χ0) is 6.27. The van der Waals surface area contributed by atoms with Crippen molar-refractivity contribution in [2.45, 2.75) is 5.88 Å². The third-order valence-electron chi connectivity index (χ3n) is 1.23. The normalized spacial score (nSPS) is 16.2. The average Bonchev–Trinajstić information content (AvgIpc) is 2.35. The number of carbonyl (C=O) groups excluding carboxylic acids is 1. The summed E-state index contributed by atoms with van der Waals surface area (Å²) in [5.41, 5.74) is 0. The predicted molar refractivity (Wildman–Crippen MR) is 34.1 cm³/mol. The molecule has 0 spiro atoms. The first-order valence-corrected chi connectivity index (χ1v) is 3.55. The van der Waals surface area contributed by atoms with E-state index < -0.39 is 0 Å². The van der Waals surface area contributed by atoms with Crippen LogP contribution >= 0.6 is 11.8 Å². The molecule has 2 heterocycles. The van der Waals surface area contributed by atoms with Crippen molar-refractivity contribution >= 4 is 16.9 Å². The Morgan fingerprint density at radius 3 is 3.44 bits per heavy atom. The minimum atomic E-state index is 0.0833. The van der Waals surface area contributed by atoms with Gasteiger partial charge in [0.2, 0.25) is 0 Å². The van der Waals surface area contributed by atoms with Gasteiger partial charge in [0.15, 0.2) is 5.82 Å². The van der Waals surface area contributed by atoms with Crippen LogP contribution < -0.4 is 0 Å². The van der Waals surface area contributed by atoms with Crippen LogP contribution in [0, 0.1) is 0 Å². The van der Waals surface area contributed by atoms with Crippen LogP contribution in [0.3, 0.4) is 0 Å². The predicted octanol–water partition coefficient (Wildman–Crippen LogP) is 0.728. The van der Waals surface area contributed by atoms with E-state index in [2.05, 4.69) is 4.98 Å². The maximum atomic E-state index is 10.8. The first-order chi connectivity index (χ1) is 4.38. The van der Waals surface area contributed by atoms with Gasteiger partial charge in [-0.25, -0.2) is 4.98 Å². The highest BCUT2D eigenvalue weighted by Crippen LogP contribution is 2.20. The maximum absolute atomic E-state index is 10.8. The summed E-state index contributed by atoms with van der Waals surface area (Å²) < 4.78 is 1.84. The number of carbonyl (C=O) groups is 1. The number of imidazole rings is 1. The Bertz CT molecular complexity index is 255. The monoisotopic (exact) mass is 140 g/mol. The molecule has 0 atom stereocenters. The van der Waals surface area contributed by atoms with Crippen LogP contribution in [0.1, 0.15) is 10.6 Å². The number of nitrogens with zero attached hydrogens (tertiary/aromatic N) is 2. The van der Waals surface area contributed by atoms with Crippen molar-refractivity contribution in [1.29, 1.82) is 0 Å². The van der Waals surface area contributed by atoms with Crippen molar-refractivity contribution in [2.75, 3.05) is 0 Å². The number of hydrogen-bond acceptors (Lipinski definition) is 3. The lowest BCUT2D eigenvalue weighted by atomic mass is 10.7. The standard InChI is InChI=1S/C5H4N2OS/c8-5-4-6-1-2-7(4)3-9-5/h1-2H,3H2. The third kappa shape index (κ3) is 0.595. The van der Waals surface area contributed by atoms with E-state index in [1.165, 1.54) is 11.8 Å². The Labute approximate surface area is 56.1 Å². The molecule has 4 heteroatoms. The average molecular weight is 140 g/mol. The molecule has 1 aromatic heterocycles. The van der Waals surface area contributed by atoms with Crippen LogP contribution in [-0.2, 0) is 5.88 Å². The summed E-state index contributed by atoms with van der Waals surface area (Å²) in [5, 5.41) is 0.0833. The van der Waals surface area contributed by atoms with Crippen molar-refractivity contribution in [3.63, 3.8) is 0 Å². The van der Waals surface area contributed by atoms with Gasteiger partial charge < -0.3 is 4.57 Å². The second-order valence-electron chi connectivity index (χ2n) is 1.78. The van der Waals surface area contributed by atoms with Gasteiger partial charge in [-0.1, -0.05) is 11.8 Å². The lowest BCUT2D eigenvalue weighted by molar-refractivity contribution is 0.108. The van der Waals surface area contributed by atoms with Crippen LogP contribution in [-0.4, -0.2) is 14.7 Å². The maximum Gasteiger partial charge on any atom is 0.256 e. The topological polar surface area (TPSA) is 34.9 Å². The summed E-state index contributed by atoms with van der Waals surface area (Å²) in [6.07, 6.45) is 3.46. The molecule has 0 saturated heterocycles. The molecule has 9 heavy (non-hydrogen) atoms. The number of thioether (sulfide) groups is 1. The van der Waals surface area contributed by atoms with Gasteiger partial charge in [0.05, 0.1) is 5.88 Å². The molecule has 3 nitrogen and oxygen atoms in total. The van der Waals surface area contributed by atoms with Crippen LogP contribution in [0.4, 0.5) is 0 Å². The van der Waals surface area contributed by atoms with Gasteiger partial charge in [-0.05, 0) is 0 Å². The summed E-state index contributed by atoms with van der Waals surface area (Å²) in [4.78, 5) is 14.7. The Hall–Kier alpha value is -0.770. The molecular weight excluding hydrogens is 136 g/mol. The first kappa shape index (κ1) is 5.05. The molecule has 1 aromatic rings. The lowest BCUT2D eigenvalue weighted by Crippen LogP contribution is -1.92. The zero-order valence-corrected chi connectivity index (χ0v) is 5.39. The number of aromatic nitrogens is 2. The summed E-state index contributed by atoms with van der Waals surface area (Å²) in [6.45, 7) is 0. The summed E-state index contributed by atoms with van der Waals surface area (Å²) >= 11 is 1.29. The van der Waals surface area contributed by atoms with E-state index in [9.17, 15) is 4.79 Å². The highest BCUT2D eigenvalue weighted by Gasteiger charge is 2.19.